The van der Waals surface area contributed by atoms with Crippen LogP contribution in [-0.4, -0.2) is 15.1 Å². The number of thiazole rings is 1. The molecule has 2 aromatic rings. The lowest BCUT2D eigenvalue weighted by Gasteiger charge is -2.20. The quantitative estimate of drug-likeness (QED) is 0.804. The third kappa shape index (κ3) is 4.15. The van der Waals surface area contributed by atoms with Crippen molar-refractivity contribution in [2.75, 3.05) is 0 Å². The van der Waals surface area contributed by atoms with E-state index in [2.05, 4.69) is 36.3 Å². The topological polar surface area (TPSA) is 51.8 Å². The Hall–Kier alpha value is -1.23. The first-order chi connectivity index (χ1) is 10.5. The van der Waals surface area contributed by atoms with Crippen molar-refractivity contribution in [3.8, 4) is 10.8 Å². The van der Waals surface area contributed by atoms with Gasteiger partial charge in [0.1, 0.15) is 0 Å². The summed E-state index contributed by atoms with van der Waals surface area (Å²) in [6.45, 7) is 6.51. The number of hydrogen-bond acceptors (Lipinski definition) is 5. The van der Waals surface area contributed by atoms with Gasteiger partial charge in [-0.3, -0.25) is 0 Å². The average molecular weight is 319 g/mol. The minimum atomic E-state index is 0.152. The summed E-state index contributed by atoms with van der Waals surface area (Å²) in [4.78, 5) is 9.21. The summed E-state index contributed by atoms with van der Waals surface area (Å²) in [5.74, 6) is 2.15. The maximum atomic E-state index is 5.36. The zero-order valence-electron chi connectivity index (χ0n) is 13.8. The van der Waals surface area contributed by atoms with Gasteiger partial charge in [-0.15, -0.1) is 11.3 Å². The van der Waals surface area contributed by atoms with Crippen molar-refractivity contribution in [2.45, 2.75) is 65.7 Å². The maximum Gasteiger partial charge on any atom is 0.231 e. The van der Waals surface area contributed by atoms with Gasteiger partial charge in [0.25, 0.3) is 0 Å². The van der Waals surface area contributed by atoms with Crippen LogP contribution >= 0.6 is 11.3 Å². The van der Waals surface area contributed by atoms with Gasteiger partial charge >= 0.3 is 0 Å². The van der Waals surface area contributed by atoms with Gasteiger partial charge in [0, 0.05) is 11.8 Å². The monoisotopic (exact) mass is 319 g/mol. The normalized spacial score (nSPS) is 17.0. The second-order valence-electron chi connectivity index (χ2n) is 7.60. The molecule has 2 heterocycles. The van der Waals surface area contributed by atoms with Gasteiger partial charge in [0.15, 0.2) is 5.01 Å². The van der Waals surface area contributed by atoms with E-state index in [-0.39, 0.29) is 5.41 Å². The Bertz CT molecular complexity index is 605. The van der Waals surface area contributed by atoms with Gasteiger partial charge in [-0.05, 0) is 17.8 Å². The molecule has 1 aliphatic carbocycles. The van der Waals surface area contributed by atoms with Gasteiger partial charge in [-0.25, -0.2) is 4.98 Å². The number of hydrogen-bond donors (Lipinski definition) is 0. The van der Waals surface area contributed by atoms with Crippen molar-refractivity contribution < 1.29 is 4.52 Å². The first kappa shape index (κ1) is 15.7. The minimum absolute atomic E-state index is 0.152. The van der Waals surface area contributed by atoms with Crippen LogP contribution in [-0.2, 0) is 12.8 Å². The van der Waals surface area contributed by atoms with Gasteiger partial charge < -0.3 is 4.52 Å². The molecule has 1 fully saturated rings. The summed E-state index contributed by atoms with van der Waals surface area (Å²) in [5.41, 5.74) is 1.34. The second-order valence-corrected chi connectivity index (χ2v) is 8.46. The van der Waals surface area contributed by atoms with E-state index in [9.17, 15) is 0 Å². The molecule has 0 bridgehead atoms. The molecule has 4 nitrogen and oxygen atoms in total. The van der Waals surface area contributed by atoms with E-state index in [0.29, 0.717) is 11.7 Å². The van der Waals surface area contributed by atoms with Crippen LogP contribution in [0.3, 0.4) is 0 Å². The molecule has 0 amide bonds. The lowest BCUT2D eigenvalue weighted by atomic mass is 9.86. The summed E-state index contributed by atoms with van der Waals surface area (Å²) in [7, 11) is 0. The fourth-order valence-corrected chi connectivity index (χ4v) is 3.81. The van der Waals surface area contributed by atoms with E-state index in [1.54, 1.807) is 11.3 Å². The third-order valence-electron chi connectivity index (χ3n) is 4.12. The highest BCUT2D eigenvalue weighted by atomic mass is 32.1. The third-order valence-corrected chi connectivity index (χ3v) is 5.00. The zero-order chi connectivity index (χ0) is 15.6. The smallest absolute Gasteiger partial charge is 0.231 e. The molecule has 5 heteroatoms. The van der Waals surface area contributed by atoms with Crippen molar-refractivity contribution in [1.82, 2.24) is 15.1 Å². The van der Waals surface area contributed by atoms with E-state index >= 15 is 0 Å². The number of aromatic nitrogens is 3. The molecular weight excluding hydrogens is 294 g/mol. The molecule has 1 saturated carbocycles. The van der Waals surface area contributed by atoms with E-state index < -0.39 is 0 Å². The molecular formula is C17H25N3OS. The van der Waals surface area contributed by atoms with Gasteiger partial charge in [-0.2, -0.15) is 4.98 Å². The largest absolute Gasteiger partial charge is 0.339 e. The average Bonchev–Trinajstić information content (AvgIpc) is 3.07. The molecule has 3 rings (SSSR count). The molecule has 1 aliphatic rings. The lowest BCUT2D eigenvalue weighted by Crippen LogP contribution is -2.09. The predicted molar refractivity (Wildman–Crippen MR) is 88.8 cm³/mol. The molecule has 0 aliphatic heterocycles. The van der Waals surface area contributed by atoms with Crippen LogP contribution in [0.5, 0.6) is 0 Å². The van der Waals surface area contributed by atoms with Crippen LogP contribution in [0.2, 0.25) is 0 Å². The molecule has 0 saturated heterocycles. The molecule has 0 N–H and O–H groups in total. The van der Waals surface area contributed by atoms with E-state index in [0.717, 1.165) is 23.8 Å². The van der Waals surface area contributed by atoms with Crippen molar-refractivity contribution >= 4 is 11.3 Å². The molecule has 0 spiro atoms. The Morgan fingerprint density at radius 2 is 1.95 bits per heavy atom. The zero-order valence-corrected chi connectivity index (χ0v) is 14.6. The van der Waals surface area contributed by atoms with Crippen molar-refractivity contribution in [2.24, 2.45) is 11.3 Å². The molecule has 120 valence electrons. The Labute approximate surface area is 136 Å². The van der Waals surface area contributed by atoms with Crippen LogP contribution in [0.15, 0.2) is 9.90 Å². The maximum absolute atomic E-state index is 5.36. The first-order valence-corrected chi connectivity index (χ1v) is 9.15. The van der Waals surface area contributed by atoms with Crippen molar-refractivity contribution in [3.63, 3.8) is 0 Å². The van der Waals surface area contributed by atoms with E-state index in [4.69, 9.17) is 9.51 Å². The van der Waals surface area contributed by atoms with Gasteiger partial charge in [-0.1, -0.05) is 58.0 Å². The SMILES string of the molecule is CC(C)(C)Cc1nc(-c2nc(CC3CCCCC3)cs2)no1. The fraction of sp³-hybridized carbons (Fsp3) is 0.706. The summed E-state index contributed by atoms with van der Waals surface area (Å²) >= 11 is 1.63. The lowest BCUT2D eigenvalue weighted by molar-refractivity contribution is 0.314. The van der Waals surface area contributed by atoms with E-state index in [1.165, 1.54) is 37.8 Å². The van der Waals surface area contributed by atoms with E-state index in [1.807, 2.05) is 0 Å². The van der Waals surface area contributed by atoms with Crippen molar-refractivity contribution in [3.05, 3.63) is 17.0 Å². The summed E-state index contributed by atoms with van der Waals surface area (Å²) < 4.78 is 5.36. The second kappa shape index (κ2) is 6.49. The van der Waals surface area contributed by atoms with Crippen LogP contribution in [0.1, 0.15) is 64.5 Å². The molecule has 2 aromatic heterocycles. The van der Waals surface area contributed by atoms with Gasteiger partial charge in [0.05, 0.1) is 5.69 Å². The molecule has 0 radical (unpaired) electrons. The molecule has 0 unspecified atom stereocenters. The Morgan fingerprint density at radius 3 is 2.68 bits per heavy atom. The Morgan fingerprint density at radius 1 is 1.18 bits per heavy atom. The highest BCUT2D eigenvalue weighted by Crippen LogP contribution is 2.29. The van der Waals surface area contributed by atoms with Crippen molar-refractivity contribution in [1.29, 1.82) is 0 Å². The highest BCUT2D eigenvalue weighted by molar-refractivity contribution is 7.13. The Kier molecular flexibility index (Phi) is 4.62. The first-order valence-electron chi connectivity index (χ1n) is 8.27. The van der Waals surface area contributed by atoms with Crippen LogP contribution in [0.25, 0.3) is 10.8 Å². The molecule has 22 heavy (non-hydrogen) atoms. The number of nitrogens with zero attached hydrogens (tertiary/aromatic N) is 3. The van der Waals surface area contributed by atoms with Crippen LogP contribution in [0, 0.1) is 11.3 Å². The summed E-state index contributed by atoms with van der Waals surface area (Å²) in [5, 5.41) is 7.13. The molecule has 0 aromatic carbocycles. The van der Waals surface area contributed by atoms with Gasteiger partial charge in [0.2, 0.25) is 11.7 Å². The highest BCUT2D eigenvalue weighted by Gasteiger charge is 2.20. The van der Waals surface area contributed by atoms with Crippen LogP contribution < -0.4 is 0 Å². The number of rotatable bonds is 4. The minimum Gasteiger partial charge on any atom is -0.339 e. The summed E-state index contributed by atoms with van der Waals surface area (Å²) in [6, 6.07) is 0. The fourth-order valence-electron chi connectivity index (χ4n) is 3.06. The Balaban J connectivity index is 1.65. The predicted octanol–water partition coefficient (Wildman–Crippen LogP) is 4.90. The standard InChI is InChI=1S/C17H25N3OS/c1-17(2,3)10-14-19-15(20-21-14)16-18-13(11-22-16)9-12-7-5-4-6-8-12/h11-12H,4-10H2,1-3H3. The van der Waals surface area contributed by atoms with Crippen LogP contribution in [0.4, 0.5) is 0 Å². The summed E-state index contributed by atoms with van der Waals surface area (Å²) in [6.07, 6.45) is 8.75. The molecule has 0 atom stereocenters.